The molecule has 3 heterocycles. The normalized spacial score (nSPS) is 18.2. The molecular weight excluding hydrogens is 527 g/mol. The largest absolute Gasteiger partial charge is 0.472 e. The van der Waals surface area contributed by atoms with Crippen LogP contribution in [0.5, 0.6) is 5.88 Å². The quantitative estimate of drug-likeness (QED) is 0.461. The van der Waals surface area contributed by atoms with Crippen molar-refractivity contribution in [3.05, 3.63) is 72.2 Å². The number of nitrogens with one attached hydrogen (secondary N) is 1. The lowest BCUT2D eigenvalue weighted by molar-refractivity contribution is -0.137. The summed E-state index contributed by atoms with van der Waals surface area (Å²) in [7, 11) is 1.54. The number of fused-ring (bicyclic) bond motifs is 1. The minimum Gasteiger partial charge on any atom is -0.472 e. The number of ether oxygens (including phenoxy) is 1. The highest BCUT2D eigenvalue weighted by Gasteiger charge is 2.35. The van der Waals surface area contributed by atoms with Crippen LogP contribution < -0.4 is 10.1 Å². The Bertz CT molecular complexity index is 1340. The summed E-state index contributed by atoms with van der Waals surface area (Å²) in [5, 5.41) is 12.4. The van der Waals surface area contributed by atoms with Crippen LogP contribution in [0, 0.1) is 5.92 Å². The van der Waals surface area contributed by atoms with Gasteiger partial charge in [0.1, 0.15) is 11.7 Å². The number of aliphatic hydroxyl groups is 1. The second-order valence-electron chi connectivity index (χ2n) is 9.83. The Morgan fingerprint density at radius 3 is 2.58 bits per heavy atom. The molecule has 212 valence electrons. The molecule has 0 spiro atoms. The van der Waals surface area contributed by atoms with Gasteiger partial charge in [-0.2, -0.15) is 13.2 Å². The van der Waals surface area contributed by atoms with Crippen molar-refractivity contribution in [2.24, 2.45) is 5.92 Å². The van der Waals surface area contributed by atoms with E-state index in [1.54, 1.807) is 42.5 Å². The number of hydrogen-bond donors (Lipinski definition) is 2. The Balaban J connectivity index is 1.57. The molecule has 1 aliphatic heterocycles. The highest BCUT2D eigenvalue weighted by Crippen LogP contribution is 2.31. The second-order valence-corrected chi connectivity index (χ2v) is 9.83. The van der Waals surface area contributed by atoms with Crippen molar-refractivity contribution in [2.45, 2.75) is 32.2 Å². The number of carbonyl (C=O) groups is 2. The molecule has 40 heavy (non-hydrogen) atoms. The van der Waals surface area contributed by atoms with Crippen LogP contribution in [0.25, 0.3) is 11.1 Å². The first-order valence-electron chi connectivity index (χ1n) is 12.7. The maximum Gasteiger partial charge on any atom is 0.416 e. The van der Waals surface area contributed by atoms with Gasteiger partial charge in [-0.05, 0) is 43.3 Å². The molecule has 2 N–H and O–H groups in total. The molecule has 1 aliphatic rings. The van der Waals surface area contributed by atoms with E-state index in [0.717, 1.165) is 17.7 Å². The number of benzene rings is 1. The van der Waals surface area contributed by atoms with Gasteiger partial charge in [0.25, 0.3) is 5.91 Å². The first-order chi connectivity index (χ1) is 19.0. The zero-order chi connectivity index (χ0) is 29.0. The number of aromatic nitrogens is 2. The number of nitrogens with zero attached hydrogens (tertiary/aromatic N) is 4. The lowest BCUT2D eigenvalue weighted by atomic mass is 9.99. The van der Waals surface area contributed by atoms with E-state index in [1.165, 1.54) is 24.1 Å². The average Bonchev–Trinajstić information content (AvgIpc) is 2.94. The summed E-state index contributed by atoms with van der Waals surface area (Å²) >= 11 is 0. The number of alkyl halides is 3. The monoisotopic (exact) mass is 557 g/mol. The van der Waals surface area contributed by atoms with Crippen LogP contribution in [0.15, 0.2) is 61.1 Å². The maximum absolute atomic E-state index is 13.6. The van der Waals surface area contributed by atoms with Gasteiger partial charge in [0, 0.05) is 54.9 Å². The number of carbonyl (C=O) groups excluding carboxylic acids is 2. The number of amides is 3. The SMILES string of the molecule is C[C@@H]1CN([C@@H](C)CO)C(=O)c2cc(-c3cccnc3)cnc2O[C@H]1CN(C)C(=O)Nc1ccc(C(F)(F)F)cc1. The van der Waals surface area contributed by atoms with E-state index in [1.807, 2.05) is 13.0 Å². The third kappa shape index (κ3) is 6.50. The van der Waals surface area contributed by atoms with E-state index < -0.39 is 29.9 Å². The molecule has 0 saturated carbocycles. The number of aliphatic hydroxyl groups excluding tert-OH is 1. The maximum atomic E-state index is 13.6. The Hall–Kier alpha value is -4.19. The van der Waals surface area contributed by atoms with Crippen LogP contribution in [0.4, 0.5) is 23.7 Å². The standard InChI is InChI=1S/C28H30F3N5O4/c1-17-14-36(18(2)16-37)26(38)23-11-20(19-5-4-10-32-12-19)13-33-25(23)40-24(17)15-35(3)27(39)34-22-8-6-21(7-9-22)28(29,30)31/h4-13,17-18,24,37H,14-16H2,1-3H3,(H,34,39)/t17-,18+,24+/m1/s1. The van der Waals surface area contributed by atoms with Crippen molar-refractivity contribution in [1.29, 1.82) is 0 Å². The number of pyridine rings is 2. The number of halogens is 3. The predicted octanol–water partition coefficient (Wildman–Crippen LogP) is 4.55. The van der Waals surface area contributed by atoms with E-state index in [2.05, 4.69) is 15.3 Å². The highest BCUT2D eigenvalue weighted by molar-refractivity contribution is 5.98. The van der Waals surface area contributed by atoms with Gasteiger partial charge in [-0.3, -0.25) is 9.78 Å². The van der Waals surface area contributed by atoms with E-state index in [4.69, 9.17) is 4.74 Å². The first-order valence-corrected chi connectivity index (χ1v) is 12.7. The summed E-state index contributed by atoms with van der Waals surface area (Å²) in [6.45, 7) is 3.70. The van der Waals surface area contributed by atoms with Gasteiger partial charge in [-0.15, -0.1) is 0 Å². The van der Waals surface area contributed by atoms with E-state index >= 15 is 0 Å². The molecule has 9 nitrogen and oxygen atoms in total. The topological polar surface area (TPSA) is 108 Å². The number of likely N-dealkylation sites (N-methyl/N-ethyl adjacent to an activating group) is 1. The molecule has 0 saturated heterocycles. The Morgan fingerprint density at radius 2 is 1.95 bits per heavy atom. The van der Waals surface area contributed by atoms with Gasteiger partial charge in [0.15, 0.2) is 0 Å². The zero-order valence-corrected chi connectivity index (χ0v) is 22.2. The average molecular weight is 558 g/mol. The molecule has 12 heteroatoms. The van der Waals surface area contributed by atoms with Crippen LogP contribution in [-0.4, -0.2) is 75.7 Å². The van der Waals surface area contributed by atoms with Crippen LogP contribution in [-0.2, 0) is 6.18 Å². The number of urea groups is 1. The summed E-state index contributed by atoms with van der Waals surface area (Å²) in [6.07, 6.45) is -0.203. The molecule has 0 unspecified atom stereocenters. The molecule has 4 rings (SSSR count). The molecule has 3 amide bonds. The van der Waals surface area contributed by atoms with Gasteiger partial charge >= 0.3 is 12.2 Å². The third-order valence-electron chi connectivity index (χ3n) is 6.78. The van der Waals surface area contributed by atoms with Crippen LogP contribution in [0.2, 0.25) is 0 Å². The Morgan fingerprint density at radius 1 is 1.23 bits per heavy atom. The van der Waals surface area contributed by atoms with Crippen molar-refractivity contribution < 1.29 is 32.6 Å². The summed E-state index contributed by atoms with van der Waals surface area (Å²) in [6, 6.07) is 8.41. The fraction of sp³-hybridized carbons (Fsp3) is 0.357. The number of rotatable bonds is 6. The number of hydrogen-bond acceptors (Lipinski definition) is 6. The molecule has 3 aromatic rings. The smallest absolute Gasteiger partial charge is 0.416 e. The van der Waals surface area contributed by atoms with E-state index in [-0.39, 0.29) is 48.7 Å². The summed E-state index contributed by atoms with van der Waals surface area (Å²) in [5.41, 5.74) is 1.04. The fourth-order valence-electron chi connectivity index (χ4n) is 4.33. The van der Waals surface area contributed by atoms with Crippen molar-refractivity contribution in [3.63, 3.8) is 0 Å². The van der Waals surface area contributed by atoms with Crippen molar-refractivity contribution in [1.82, 2.24) is 19.8 Å². The minimum absolute atomic E-state index is 0.0919. The van der Waals surface area contributed by atoms with Crippen molar-refractivity contribution in [3.8, 4) is 17.0 Å². The number of anilines is 1. The first kappa shape index (κ1) is 28.8. The summed E-state index contributed by atoms with van der Waals surface area (Å²) in [5.74, 6) is -0.512. The van der Waals surface area contributed by atoms with E-state index in [0.29, 0.717) is 5.56 Å². The van der Waals surface area contributed by atoms with Crippen LogP contribution in [0.1, 0.15) is 29.8 Å². The van der Waals surface area contributed by atoms with Gasteiger partial charge in [-0.1, -0.05) is 13.0 Å². The molecule has 2 aromatic heterocycles. The summed E-state index contributed by atoms with van der Waals surface area (Å²) in [4.78, 5) is 37.9. The lowest BCUT2D eigenvalue weighted by Gasteiger charge is -2.37. The summed E-state index contributed by atoms with van der Waals surface area (Å²) < 4.78 is 44.8. The Labute approximate surface area is 229 Å². The fourth-order valence-corrected chi connectivity index (χ4v) is 4.33. The van der Waals surface area contributed by atoms with Gasteiger partial charge < -0.3 is 25.0 Å². The predicted molar refractivity (Wildman–Crippen MR) is 142 cm³/mol. The zero-order valence-electron chi connectivity index (χ0n) is 22.2. The lowest BCUT2D eigenvalue weighted by Crippen LogP contribution is -2.50. The van der Waals surface area contributed by atoms with Gasteiger partial charge in [0.2, 0.25) is 5.88 Å². The van der Waals surface area contributed by atoms with Crippen molar-refractivity contribution >= 4 is 17.6 Å². The molecule has 0 radical (unpaired) electrons. The van der Waals surface area contributed by atoms with E-state index in [9.17, 15) is 27.9 Å². The van der Waals surface area contributed by atoms with Crippen molar-refractivity contribution in [2.75, 3.05) is 32.1 Å². The molecule has 3 atom stereocenters. The minimum atomic E-state index is -4.48. The molecule has 1 aromatic carbocycles. The molecule has 0 fully saturated rings. The molecular formula is C28H30F3N5O4. The van der Waals surface area contributed by atoms with Gasteiger partial charge in [-0.25, -0.2) is 9.78 Å². The Kier molecular flexibility index (Phi) is 8.58. The third-order valence-corrected chi connectivity index (χ3v) is 6.78. The van der Waals surface area contributed by atoms with Crippen LogP contribution >= 0.6 is 0 Å². The van der Waals surface area contributed by atoms with Gasteiger partial charge in [0.05, 0.1) is 24.8 Å². The molecule has 0 aliphatic carbocycles. The molecule has 0 bridgehead atoms. The highest BCUT2D eigenvalue weighted by atomic mass is 19.4. The second kappa shape index (κ2) is 11.9. The van der Waals surface area contributed by atoms with Crippen LogP contribution in [0.3, 0.4) is 0 Å².